The summed E-state index contributed by atoms with van der Waals surface area (Å²) >= 11 is 1.30. The number of halogens is 5. The number of rotatable bonds is 8. The average molecular weight is 350 g/mol. The molecule has 0 bridgehead atoms. The van der Waals surface area contributed by atoms with Gasteiger partial charge in [-0.25, -0.2) is 0 Å². The highest BCUT2D eigenvalue weighted by Gasteiger charge is 2.56. The van der Waals surface area contributed by atoms with E-state index in [0.29, 0.717) is 12.2 Å². The standard InChI is InChI=1S/C14H23F5O2S/c1-10(11(20)21-12(2,3)4)22-9-7-5-6-8-13(15,16)14(17,18)19/h10H,5-9H2,1-4H3. The number of carbonyl (C=O) groups excluding carboxylic acids is 1. The van der Waals surface area contributed by atoms with Crippen molar-refractivity contribution in [3.05, 3.63) is 0 Å². The highest BCUT2D eigenvalue weighted by Crippen LogP contribution is 2.39. The largest absolute Gasteiger partial charge is 0.459 e. The van der Waals surface area contributed by atoms with E-state index >= 15 is 0 Å². The SMILES string of the molecule is CC(SCCCCCC(F)(F)C(F)(F)F)C(=O)OC(C)(C)C. The van der Waals surface area contributed by atoms with Crippen LogP contribution in [0.25, 0.3) is 0 Å². The topological polar surface area (TPSA) is 26.3 Å². The molecule has 1 atom stereocenters. The maximum absolute atomic E-state index is 12.6. The number of alkyl halides is 5. The Labute approximate surface area is 132 Å². The van der Waals surface area contributed by atoms with Gasteiger partial charge < -0.3 is 4.74 Å². The van der Waals surface area contributed by atoms with Crippen molar-refractivity contribution in [1.82, 2.24) is 0 Å². The first-order chi connectivity index (χ1) is 9.76. The van der Waals surface area contributed by atoms with Gasteiger partial charge in [0.2, 0.25) is 0 Å². The van der Waals surface area contributed by atoms with Crippen molar-refractivity contribution in [3.63, 3.8) is 0 Å². The lowest BCUT2D eigenvalue weighted by atomic mass is 10.1. The molecule has 0 radical (unpaired) electrons. The van der Waals surface area contributed by atoms with Crippen LogP contribution in [0.5, 0.6) is 0 Å². The van der Waals surface area contributed by atoms with E-state index in [1.807, 2.05) is 0 Å². The third-order valence-corrected chi connectivity index (χ3v) is 3.87. The molecule has 0 aliphatic rings. The van der Waals surface area contributed by atoms with Crippen LogP contribution in [0, 0.1) is 0 Å². The van der Waals surface area contributed by atoms with Gasteiger partial charge in [-0.3, -0.25) is 4.79 Å². The van der Waals surface area contributed by atoms with Crippen LogP contribution < -0.4 is 0 Å². The zero-order valence-electron chi connectivity index (χ0n) is 13.2. The predicted octanol–water partition coefficient (Wildman–Crippen LogP) is 5.21. The number of esters is 1. The summed E-state index contributed by atoms with van der Waals surface area (Å²) in [5, 5.41) is -0.393. The Balaban J connectivity index is 3.85. The van der Waals surface area contributed by atoms with E-state index in [9.17, 15) is 26.7 Å². The Morgan fingerprint density at radius 3 is 2.05 bits per heavy atom. The van der Waals surface area contributed by atoms with Crippen molar-refractivity contribution in [1.29, 1.82) is 0 Å². The summed E-state index contributed by atoms with van der Waals surface area (Å²) in [4.78, 5) is 11.7. The van der Waals surface area contributed by atoms with E-state index in [-0.39, 0.29) is 18.8 Å². The second kappa shape index (κ2) is 8.36. The lowest BCUT2D eigenvalue weighted by Crippen LogP contribution is -2.36. The highest BCUT2D eigenvalue weighted by molar-refractivity contribution is 8.00. The molecule has 0 aromatic rings. The normalized spacial score (nSPS) is 14.8. The van der Waals surface area contributed by atoms with Crippen molar-refractivity contribution in [3.8, 4) is 0 Å². The third-order valence-electron chi connectivity index (χ3n) is 2.66. The molecule has 2 nitrogen and oxygen atoms in total. The first kappa shape index (κ1) is 21.5. The van der Waals surface area contributed by atoms with Gasteiger partial charge in [-0.1, -0.05) is 6.42 Å². The molecule has 0 fully saturated rings. The lowest BCUT2D eigenvalue weighted by Gasteiger charge is -2.22. The lowest BCUT2D eigenvalue weighted by molar-refractivity contribution is -0.284. The maximum atomic E-state index is 12.6. The van der Waals surface area contributed by atoms with Gasteiger partial charge in [-0.05, 0) is 46.3 Å². The highest BCUT2D eigenvalue weighted by atomic mass is 32.2. The summed E-state index contributed by atoms with van der Waals surface area (Å²) in [6.45, 7) is 6.94. The van der Waals surface area contributed by atoms with Crippen molar-refractivity contribution < 1.29 is 31.5 Å². The monoisotopic (exact) mass is 350 g/mol. The van der Waals surface area contributed by atoms with Crippen LogP contribution in [0.4, 0.5) is 22.0 Å². The van der Waals surface area contributed by atoms with Gasteiger partial charge in [-0.2, -0.15) is 22.0 Å². The van der Waals surface area contributed by atoms with Gasteiger partial charge in [0.25, 0.3) is 0 Å². The number of unbranched alkanes of at least 4 members (excludes halogenated alkanes) is 2. The zero-order chi connectivity index (χ0) is 17.6. The van der Waals surface area contributed by atoms with E-state index in [2.05, 4.69) is 0 Å². The zero-order valence-corrected chi connectivity index (χ0v) is 14.0. The number of carbonyl (C=O) groups is 1. The van der Waals surface area contributed by atoms with Crippen molar-refractivity contribution in [2.75, 3.05) is 5.75 Å². The van der Waals surface area contributed by atoms with Crippen LogP contribution in [-0.2, 0) is 9.53 Å². The summed E-state index contributed by atoms with van der Waals surface area (Å²) in [6.07, 6.45) is -6.13. The van der Waals surface area contributed by atoms with Crippen LogP contribution in [0.1, 0.15) is 53.4 Å². The first-order valence-corrected chi connectivity index (χ1v) is 8.10. The van der Waals surface area contributed by atoms with Crippen molar-refractivity contribution in [2.24, 2.45) is 0 Å². The van der Waals surface area contributed by atoms with Crippen LogP contribution >= 0.6 is 11.8 Å². The van der Waals surface area contributed by atoms with Crippen LogP contribution in [0.15, 0.2) is 0 Å². The summed E-state index contributed by atoms with van der Waals surface area (Å²) in [5.41, 5.74) is -0.574. The van der Waals surface area contributed by atoms with Gasteiger partial charge in [0.1, 0.15) is 5.60 Å². The number of thioether (sulfide) groups is 1. The molecular formula is C14H23F5O2S. The van der Waals surface area contributed by atoms with Crippen LogP contribution in [-0.4, -0.2) is 34.7 Å². The number of ether oxygens (including phenoxy) is 1. The fourth-order valence-electron chi connectivity index (χ4n) is 1.48. The second-order valence-electron chi connectivity index (χ2n) is 6.06. The van der Waals surface area contributed by atoms with Crippen molar-refractivity contribution >= 4 is 17.7 Å². The minimum atomic E-state index is -5.48. The molecule has 0 aromatic carbocycles. The maximum Gasteiger partial charge on any atom is 0.453 e. The fourth-order valence-corrected chi connectivity index (χ4v) is 2.39. The van der Waals surface area contributed by atoms with E-state index in [4.69, 9.17) is 4.74 Å². The fraction of sp³-hybridized carbons (Fsp3) is 0.929. The molecule has 22 heavy (non-hydrogen) atoms. The Bertz CT molecular complexity index is 350. The van der Waals surface area contributed by atoms with Gasteiger partial charge in [0, 0.05) is 6.42 Å². The summed E-state index contributed by atoms with van der Waals surface area (Å²) in [5.74, 6) is -4.47. The molecule has 0 N–H and O–H groups in total. The van der Waals surface area contributed by atoms with Gasteiger partial charge in [0.05, 0.1) is 5.25 Å². The summed E-state index contributed by atoms with van der Waals surface area (Å²) in [7, 11) is 0. The number of hydrogen-bond acceptors (Lipinski definition) is 3. The second-order valence-corrected chi connectivity index (χ2v) is 7.51. The quantitative estimate of drug-likeness (QED) is 0.342. The molecule has 0 saturated carbocycles. The molecular weight excluding hydrogens is 327 g/mol. The molecule has 0 rings (SSSR count). The molecule has 0 aliphatic heterocycles. The molecule has 0 aromatic heterocycles. The number of hydrogen-bond donors (Lipinski definition) is 0. The van der Waals surface area contributed by atoms with Gasteiger partial charge >= 0.3 is 18.1 Å². The van der Waals surface area contributed by atoms with Crippen LogP contribution in [0.3, 0.4) is 0 Å². The predicted molar refractivity (Wildman–Crippen MR) is 77.2 cm³/mol. The minimum absolute atomic E-state index is 0.201. The molecule has 0 aliphatic carbocycles. The Kier molecular flexibility index (Phi) is 8.16. The molecule has 1 unspecified atom stereocenters. The van der Waals surface area contributed by atoms with E-state index in [1.54, 1.807) is 27.7 Å². The average Bonchev–Trinajstić information content (AvgIpc) is 2.29. The molecule has 0 heterocycles. The van der Waals surface area contributed by atoms with E-state index in [0.717, 1.165) is 0 Å². The Morgan fingerprint density at radius 1 is 1.05 bits per heavy atom. The van der Waals surface area contributed by atoms with E-state index in [1.165, 1.54) is 11.8 Å². The molecule has 8 heteroatoms. The van der Waals surface area contributed by atoms with E-state index < -0.39 is 29.4 Å². The van der Waals surface area contributed by atoms with Gasteiger partial charge in [0.15, 0.2) is 0 Å². The van der Waals surface area contributed by atoms with Crippen LogP contribution in [0.2, 0.25) is 0 Å². The Hall–Kier alpha value is -0.530. The molecule has 0 spiro atoms. The summed E-state index contributed by atoms with van der Waals surface area (Å²) < 4.78 is 66.3. The molecule has 0 saturated heterocycles. The summed E-state index contributed by atoms with van der Waals surface area (Å²) in [6, 6.07) is 0. The third kappa shape index (κ3) is 8.80. The minimum Gasteiger partial charge on any atom is -0.459 e. The Morgan fingerprint density at radius 2 is 1.59 bits per heavy atom. The van der Waals surface area contributed by atoms with Crippen molar-refractivity contribution in [2.45, 2.75) is 76.3 Å². The molecule has 0 amide bonds. The molecule has 132 valence electrons. The first-order valence-electron chi connectivity index (χ1n) is 7.05. The smallest absolute Gasteiger partial charge is 0.453 e. The van der Waals surface area contributed by atoms with Gasteiger partial charge in [-0.15, -0.1) is 11.8 Å².